The van der Waals surface area contributed by atoms with Crippen molar-refractivity contribution in [2.24, 2.45) is 0 Å². The van der Waals surface area contributed by atoms with Gasteiger partial charge in [0.25, 0.3) is 5.56 Å². The molecule has 4 rings (SSSR count). The molecule has 32 heavy (non-hydrogen) atoms. The van der Waals surface area contributed by atoms with Gasteiger partial charge in [-0.25, -0.2) is 14.2 Å². The Morgan fingerprint density at radius 1 is 1.16 bits per heavy atom. The maximum atomic E-state index is 14.1. The monoisotopic (exact) mass is 468 g/mol. The van der Waals surface area contributed by atoms with Crippen LogP contribution in [0, 0.1) is 12.7 Å². The van der Waals surface area contributed by atoms with Crippen molar-refractivity contribution in [1.29, 1.82) is 0 Å². The molecular weight excluding hydrogens is 447 g/mol. The molecule has 164 valence electrons. The molecule has 2 aromatic carbocycles. The minimum atomic E-state index is -0.456. The molecule has 0 atom stereocenters. The third kappa shape index (κ3) is 4.47. The number of thioether (sulfide) groups is 1. The fraction of sp³-hybridized carbons (Fsp3) is 0.208. The molecule has 0 fully saturated rings. The van der Waals surface area contributed by atoms with E-state index >= 15 is 0 Å². The molecular formula is C24H21FN2O3S2. The van der Waals surface area contributed by atoms with Crippen LogP contribution in [0.5, 0.6) is 0 Å². The lowest BCUT2D eigenvalue weighted by molar-refractivity contribution is 0.0531. The number of carbonyl (C=O) groups excluding carboxylic acids is 1. The van der Waals surface area contributed by atoms with E-state index in [0.29, 0.717) is 43.7 Å². The van der Waals surface area contributed by atoms with Crippen molar-refractivity contribution in [3.8, 4) is 0 Å². The molecule has 2 aromatic heterocycles. The average molecular weight is 469 g/mol. The number of esters is 1. The van der Waals surface area contributed by atoms with Crippen LogP contribution in [-0.4, -0.2) is 22.1 Å². The number of fused-ring (bicyclic) bond motifs is 1. The van der Waals surface area contributed by atoms with E-state index in [-0.39, 0.29) is 18.0 Å². The third-order valence-electron chi connectivity index (χ3n) is 4.97. The molecule has 0 aliphatic carbocycles. The predicted octanol–water partition coefficient (Wildman–Crippen LogP) is 5.42. The number of aromatic nitrogens is 2. The second-order valence-electron chi connectivity index (χ2n) is 7.11. The summed E-state index contributed by atoms with van der Waals surface area (Å²) in [5.74, 6) is -0.425. The van der Waals surface area contributed by atoms with E-state index in [1.807, 2.05) is 30.3 Å². The van der Waals surface area contributed by atoms with Gasteiger partial charge in [0.1, 0.15) is 15.5 Å². The standard InChI is InChI=1S/C24H21FN2O3S2/c1-3-30-23(29)20-15(2)19-21(32-20)26-24(31-14-17-11-7-8-12-18(17)25)27(22(19)28)13-16-9-5-4-6-10-16/h4-12H,3,13-14H2,1-2H3. The van der Waals surface area contributed by atoms with E-state index in [2.05, 4.69) is 0 Å². The second-order valence-corrected chi connectivity index (χ2v) is 9.05. The zero-order valence-corrected chi connectivity index (χ0v) is 19.3. The Morgan fingerprint density at radius 2 is 1.88 bits per heavy atom. The molecule has 0 radical (unpaired) electrons. The van der Waals surface area contributed by atoms with Crippen LogP contribution >= 0.6 is 23.1 Å². The highest BCUT2D eigenvalue weighted by Crippen LogP contribution is 2.31. The minimum absolute atomic E-state index is 0.223. The Morgan fingerprint density at radius 3 is 2.59 bits per heavy atom. The number of thiophene rings is 1. The first-order valence-corrected chi connectivity index (χ1v) is 11.9. The van der Waals surface area contributed by atoms with Gasteiger partial charge in [-0.1, -0.05) is 60.3 Å². The van der Waals surface area contributed by atoms with Crippen molar-refractivity contribution in [2.75, 3.05) is 6.61 Å². The van der Waals surface area contributed by atoms with Crippen molar-refractivity contribution >= 4 is 39.3 Å². The van der Waals surface area contributed by atoms with Gasteiger partial charge in [0.15, 0.2) is 5.16 Å². The van der Waals surface area contributed by atoms with Gasteiger partial charge in [-0.2, -0.15) is 0 Å². The maximum Gasteiger partial charge on any atom is 0.348 e. The molecule has 0 saturated heterocycles. The first-order chi connectivity index (χ1) is 15.5. The molecule has 0 bridgehead atoms. The number of ether oxygens (including phenoxy) is 1. The summed E-state index contributed by atoms with van der Waals surface area (Å²) in [6.07, 6.45) is 0. The molecule has 0 N–H and O–H groups in total. The third-order valence-corrected chi connectivity index (χ3v) is 7.17. The van der Waals surface area contributed by atoms with E-state index < -0.39 is 5.97 Å². The van der Waals surface area contributed by atoms with E-state index in [0.717, 1.165) is 16.9 Å². The first-order valence-electron chi connectivity index (χ1n) is 10.1. The van der Waals surface area contributed by atoms with Gasteiger partial charge in [-0.3, -0.25) is 9.36 Å². The lowest BCUT2D eigenvalue weighted by Gasteiger charge is -2.12. The van der Waals surface area contributed by atoms with Crippen LogP contribution < -0.4 is 5.56 Å². The zero-order chi connectivity index (χ0) is 22.7. The fourth-order valence-electron chi connectivity index (χ4n) is 3.36. The average Bonchev–Trinajstić information content (AvgIpc) is 3.13. The molecule has 0 amide bonds. The fourth-order valence-corrected chi connectivity index (χ4v) is 5.46. The van der Waals surface area contributed by atoms with Crippen LogP contribution in [0.2, 0.25) is 0 Å². The number of benzene rings is 2. The molecule has 0 saturated carbocycles. The number of hydrogen-bond acceptors (Lipinski definition) is 6. The maximum absolute atomic E-state index is 14.1. The molecule has 0 aliphatic rings. The molecule has 2 heterocycles. The Hall–Kier alpha value is -2.97. The Bertz CT molecular complexity index is 1330. The number of nitrogens with zero attached hydrogens (tertiary/aromatic N) is 2. The van der Waals surface area contributed by atoms with Gasteiger partial charge in [0.2, 0.25) is 0 Å². The van der Waals surface area contributed by atoms with Crippen molar-refractivity contribution in [1.82, 2.24) is 9.55 Å². The molecule has 0 spiro atoms. The van der Waals surface area contributed by atoms with Gasteiger partial charge >= 0.3 is 5.97 Å². The van der Waals surface area contributed by atoms with Crippen LogP contribution in [0.1, 0.15) is 33.3 Å². The number of aryl methyl sites for hydroxylation is 1. The van der Waals surface area contributed by atoms with E-state index in [1.54, 1.807) is 36.6 Å². The Kier molecular flexibility index (Phi) is 6.72. The van der Waals surface area contributed by atoms with Crippen LogP contribution in [0.15, 0.2) is 64.5 Å². The van der Waals surface area contributed by atoms with E-state index in [9.17, 15) is 14.0 Å². The summed E-state index contributed by atoms with van der Waals surface area (Å²) in [6, 6.07) is 16.2. The summed E-state index contributed by atoms with van der Waals surface area (Å²) in [4.78, 5) is 31.5. The highest BCUT2D eigenvalue weighted by Gasteiger charge is 2.22. The largest absolute Gasteiger partial charge is 0.462 e. The topological polar surface area (TPSA) is 61.2 Å². The van der Waals surface area contributed by atoms with E-state index in [1.165, 1.54) is 17.8 Å². The van der Waals surface area contributed by atoms with Gasteiger partial charge in [0, 0.05) is 5.75 Å². The van der Waals surface area contributed by atoms with Crippen molar-refractivity contribution in [2.45, 2.75) is 31.3 Å². The smallest absolute Gasteiger partial charge is 0.348 e. The SMILES string of the molecule is CCOC(=O)c1sc2nc(SCc3ccccc3F)n(Cc3ccccc3)c(=O)c2c1C. The minimum Gasteiger partial charge on any atom is -0.462 e. The quantitative estimate of drug-likeness (QED) is 0.206. The van der Waals surface area contributed by atoms with Gasteiger partial charge in [-0.15, -0.1) is 11.3 Å². The predicted molar refractivity (Wildman–Crippen MR) is 126 cm³/mol. The number of halogens is 1. The van der Waals surface area contributed by atoms with Crippen molar-refractivity contribution in [3.63, 3.8) is 0 Å². The van der Waals surface area contributed by atoms with Crippen LogP contribution in [0.25, 0.3) is 10.2 Å². The summed E-state index contributed by atoms with van der Waals surface area (Å²) in [5, 5.41) is 0.899. The lowest BCUT2D eigenvalue weighted by atomic mass is 10.2. The van der Waals surface area contributed by atoms with Crippen LogP contribution in [0.3, 0.4) is 0 Å². The molecule has 0 unspecified atom stereocenters. The molecule has 0 aliphatic heterocycles. The second kappa shape index (κ2) is 9.67. The number of hydrogen-bond donors (Lipinski definition) is 0. The summed E-state index contributed by atoms with van der Waals surface area (Å²) < 4.78 is 20.9. The molecule has 8 heteroatoms. The van der Waals surface area contributed by atoms with Crippen LogP contribution in [-0.2, 0) is 17.0 Å². The Balaban J connectivity index is 1.82. The molecule has 4 aromatic rings. The zero-order valence-electron chi connectivity index (χ0n) is 17.6. The number of rotatable bonds is 7. The summed E-state index contributed by atoms with van der Waals surface area (Å²) >= 11 is 2.45. The van der Waals surface area contributed by atoms with Gasteiger partial charge in [0.05, 0.1) is 18.5 Å². The summed E-state index contributed by atoms with van der Waals surface area (Å²) in [5.41, 5.74) is 1.84. The number of carbonyl (C=O) groups is 1. The van der Waals surface area contributed by atoms with E-state index in [4.69, 9.17) is 9.72 Å². The lowest BCUT2D eigenvalue weighted by Crippen LogP contribution is -2.24. The normalized spacial score (nSPS) is 11.1. The highest BCUT2D eigenvalue weighted by molar-refractivity contribution is 7.98. The first kappa shape index (κ1) is 22.2. The summed E-state index contributed by atoms with van der Waals surface area (Å²) in [6.45, 7) is 4.06. The molecule has 5 nitrogen and oxygen atoms in total. The van der Waals surface area contributed by atoms with Gasteiger partial charge in [-0.05, 0) is 36.6 Å². The van der Waals surface area contributed by atoms with Gasteiger partial charge < -0.3 is 4.74 Å². The Labute approximate surface area is 192 Å². The van der Waals surface area contributed by atoms with Crippen LogP contribution in [0.4, 0.5) is 4.39 Å². The van der Waals surface area contributed by atoms with Crippen molar-refractivity contribution < 1.29 is 13.9 Å². The summed E-state index contributed by atoms with van der Waals surface area (Å²) in [7, 11) is 0. The van der Waals surface area contributed by atoms with Crippen molar-refractivity contribution in [3.05, 3.63) is 92.3 Å². The highest BCUT2D eigenvalue weighted by atomic mass is 32.2.